The van der Waals surface area contributed by atoms with Crippen molar-refractivity contribution in [1.29, 1.82) is 0 Å². The van der Waals surface area contributed by atoms with E-state index in [0.29, 0.717) is 16.7 Å². The average molecular weight is 548 g/mol. The molecule has 4 nitrogen and oxygen atoms in total. The van der Waals surface area contributed by atoms with E-state index in [2.05, 4.69) is 73.8 Å². The Morgan fingerprint density at radius 1 is 0.923 bits per heavy atom. The van der Waals surface area contributed by atoms with Gasteiger partial charge in [0.2, 0.25) is 0 Å². The van der Waals surface area contributed by atoms with Crippen molar-refractivity contribution in [2.45, 2.75) is 94.6 Å². The van der Waals surface area contributed by atoms with Crippen LogP contribution in [0.25, 0.3) is 11.1 Å². The number of nitrogens with one attached hydrogen (secondary N) is 1. The second-order valence-corrected chi connectivity index (χ2v) is 11.8. The van der Waals surface area contributed by atoms with Gasteiger partial charge < -0.3 is 10.4 Å². The fraction of sp³-hybridized carbons (Fsp3) is 0.471. The summed E-state index contributed by atoms with van der Waals surface area (Å²) in [7, 11) is 0. The molecule has 2 unspecified atom stereocenters. The highest BCUT2D eigenvalue weighted by molar-refractivity contribution is 8.00. The van der Waals surface area contributed by atoms with Crippen LogP contribution in [0.1, 0.15) is 83.6 Å². The molecule has 3 rings (SSSR count). The van der Waals surface area contributed by atoms with Crippen molar-refractivity contribution in [2.75, 3.05) is 6.54 Å². The van der Waals surface area contributed by atoms with Crippen LogP contribution in [-0.4, -0.2) is 28.8 Å². The molecular formula is C34H45NO3S. The highest BCUT2D eigenvalue weighted by Gasteiger charge is 2.23. The van der Waals surface area contributed by atoms with Gasteiger partial charge >= 0.3 is 5.97 Å². The highest BCUT2D eigenvalue weighted by atomic mass is 32.2. The predicted octanol–water partition coefficient (Wildman–Crippen LogP) is 8.61. The van der Waals surface area contributed by atoms with Crippen LogP contribution in [0.4, 0.5) is 0 Å². The number of hydrogen-bond donors (Lipinski definition) is 2. The molecule has 2 aromatic carbocycles. The Morgan fingerprint density at radius 2 is 1.59 bits per heavy atom. The van der Waals surface area contributed by atoms with Gasteiger partial charge in [-0.2, -0.15) is 0 Å². The maximum absolute atomic E-state index is 12.4. The van der Waals surface area contributed by atoms with Gasteiger partial charge in [-0.25, -0.2) is 0 Å². The summed E-state index contributed by atoms with van der Waals surface area (Å²) in [5, 5.41) is 11.9. The smallest absolute Gasteiger partial charge is 0.305 e. The Hall–Kier alpha value is -2.79. The lowest BCUT2D eigenvalue weighted by Gasteiger charge is -2.26. The fourth-order valence-electron chi connectivity index (χ4n) is 4.94. The van der Waals surface area contributed by atoms with Gasteiger partial charge in [0.15, 0.2) is 0 Å². The Labute approximate surface area is 239 Å². The number of amides is 1. The molecular weight excluding hydrogens is 502 g/mol. The average Bonchev–Trinajstić information content (AvgIpc) is 2.95. The third-order valence-electron chi connectivity index (χ3n) is 7.34. The van der Waals surface area contributed by atoms with Crippen LogP contribution >= 0.6 is 11.8 Å². The van der Waals surface area contributed by atoms with Crippen molar-refractivity contribution < 1.29 is 14.7 Å². The molecule has 0 aromatic heterocycles. The van der Waals surface area contributed by atoms with Gasteiger partial charge in [0.25, 0.3) is 5.91 Å². The van der Waals surface area contributed by atoms with E-state index in [4.69, 9.17) is 5.11 Å². The summed E-state index contributed by atoms with van der Waals surface area (Å²) < 4.78 is 0. The van der Waals surface area contributed by atoms with Crippen LogP contribution in [0.5, 0.6) is 0 Å². The standard InChI is InChI=1S/C34H45NO3S/c1-3-5-7-9-11-32(29-16-18-30(19-17-29)34(38)35-25-24-33(36)37)39-31-22-20-28(21-23-31)27-14-12-26(13-15-27)10-8-6-4-2/h12-16,18-23,29,32H,3-11,17,24-25H2,1-2H3,(H,35,38)(H,36,37). The first-order valence-corrected chi connectivity index (χ1v) is 15.6. The number of allylic oxidation sites excluding steroid dienone is 2. The van der Waals surface area contributed by atoms with E-state index in [1.807, 2.05) is 23.9 Å². The lowest BCUT2D eigenvalue weighted by atomic mass is 9.91. The molecule has 0 fully saturated rings. The Morgan fingerprint density at radius 3 is 2.21 bits per heavy atom. The molecule has 0 spiro atoms. The largest absolute Gasteiger partial charge is 0.481 e. The van der Waals surface area contributed by atoms with E-state index in [9.17, 15) is 9.59 Å². The minimum Gasteiger partial charge on any atom is -0.481 e. The second-order valence-electron chi connectivity index (χ2n) is 10.5. The third-order valence-corrected chi connectivity index (χ3v) is 8.77. The number of rotatable bonds is 17. The Bertz CT molecular complexity index is 1090. The zero-order valence-corrected chi connectivity index (χ0v) is 24.5. The number of thioether (sulfide) groups is 1. The molecule has 1 amide bonds. The zero-order chi connectivity index (χ0) is 27.9. The number of carbonyl (C=O) groups is 2. The van der Waals surface area contributed by atoms with E-state index in [1.165, 1.54) is 66.5 Å². The van der Waals surface area contributed by atoms with Gasteiger partial charge in [0, 0.05) is 22.3 Å². The molecule has 0 aliphatic heterocycles. The van der Waals surface area contributed by atoms with Gasteiger partial charge in [-0.1, -0.05) is 107 Å². The first kappa shape index (κ1) is 30.7. The van der Waals surface area contributed by atoms with E-state index in [1.54, 1.807) is 0 Å². The summed E-state index contributed by atoms with van der Waals surface area (Å²) in [4.78, 5) is 24.4. The first-order chi connectivity index (χ1) is 19.0. The van der Waals surface area contributed by atoms with Crippen LogP contribution in [0, 0.1) is 5.92 Å². The second kappa shape index (κ2) is 17.0. The summed E-state index contributed by atoms with van der Waals surface area (Å²) in [5.74, 6) is -0.731. The van der Waals surface area contributed by atoms with Gasteiger partial charge in [-0.15, -0.1) is 11.8 Å². The number of aliphatic carboxylic acids is 1. The topological polar surface area (TPSA) is 66.4 Å². The fourth-order valence-corrected chi connectivity index (χ4v) is 6.25. The molecule has 0 saturated heterocycles. The minimum absolute atomic E-state index is 0.0645. The van der Waals surface area contributed by atoms with Crippen LogP contribution in [0.2, 0.25) is 0 Å². The Kier molecular flexibility index (Phi) is 13.4. The van der Waals surface area contributed by atoms with Crippen molar-refractivity contribution in [1.82, 2.24) is 5.32 Å². The lowest BCUT2D eigenvalue weighted by Crippen LogP contribution is -2.28. The van der Waals surface area contributed by atoms with E-state index in [0.717, 1.165) is 19.3 Å². The number of carboxylic acid groups (broad SMARTS) is 1. The van der Waals surface area contributed by atoms with E-state index in [-0.39, 0.29) is 18.9 Å². The molecule has 39 heavy (non-hydrogen) atoms. The molecule has 1 aliphatic carbocycles. The lowest BCUT2D eigenvalue weighted by molar-refractivity contribution is -0.136. The molecule has 0 bridgehead atoms. The number of unbranched alkanes of at least 4 members (excludes halogenated alkanes) is 5. The van der Waals surface area contributed by atoms with Crippen molar-refractivity contribution in [3.05, 3.63) is 77.9 Å². The predicted molar refractivity (Wildman–Crippen MR) is 164 cm³/mol. The summed E-state index contributed by atoms with van der Waals surface area (Å²) in [6, 6.07) is 18.0. The summed E-state index contributed by atoms with van der Waals surface area (Å²) in [6.45, 7) is 4.64. The maximum Gasteiger partial charge on any atom is 0.305 e. The van der Waals surface area contributed by atoms with Crippen LogP contribution in [0.15, 0.2) is 77.2 Å². The summed E-state index contributed by atoms with van der Waals surface area (Å²) >= 11 is 1.95. The zero-order valence-electron chi connectivity index (χ0n) is 23.7. The van der Waals surface area contributed by atoms with Gasteiger partial charge in [0.1, 0.15) is 0 Å². The van der Waals surface area contributed by atoms with Crippen LogP contribution < -0.4 is 5.32 Å². The van der Waals surface area contributed by atoms with Crippen molar-refractivity contribution >= 4 is 23.6 Å². The van der Waals surface area contributed by atoms with Crippen LogP contribution in [0.3, 0.4) is 0 Å². The molecule has 1 aliphatic rings. The SMILES string of the molecule is CCCCCCC(Sc1ccc(-c2ccc(CCCCC)cc2)cc1)C1C=CC(C(=O)NCCC(=O)O)=CC1. The number of benzene rings is 2. The molecule has 2 atom stereocenters. The molecule has 2 aromatic rings. The van der Waals surface area contributed by atoms with Crippen molar-refractivity contribution in [2.24, 2.45) is 5.92 Å². The Balaban J connectivity index is 1.60. The van der Waals surface area contributed by atoms with E-state index >= 15 is 0 Å². The monoisotopic (exact) mass is 547 g/mol. The number of aryl methyl sites for hydroxylation is 1. The van der Waals surface area contributed by atoms with Crippen molar-refractivity contribution in [3.8, 4) is 11.1 Å². The molecule has 0 saturated carbocycles. The molecule has 0 radical (unpaired) electrons. The quantitative estimate of drug-likeness (QED) is 0.154. The van der Waals surface area contributed by atoms with Crippen LogP contribution in [-0.2, 0) is 16.0 Å². The molecule has 5 heteroatoms. The highest BCUT2D eigenvalue weighted by Crippen LogP contribution is 2.37. The van der Waals surface area contributed by atoms with Crippen molar-refractivity contribution in [3.63, 3.8) is 0 Å². The molecule has 0 heterocycles. The normalized spacial score (nSPS) is 15.5. The van der Waals surface area contributed by atoms with Gasteiger partial charge in [0.05, 0.1) is 6.42 Å². The number of carbonyl (C=O) groups excluding carboxylic acids is 1. The van der Waals surface area contributed by atoms with Gasteiger partial charge in [-0.3, -0.25) is 9.59 Å². The summed E-state index contributed by atoms with van der Waals surface area (Å²) in [5.41, 5.74) is 4.56. The third kappa shape index (κ3) is 10.7. The number of carboxylic acids is 1. The first-order valence-electron chi connectivity index (χ1n) is 14.7. The molecule has 210 valence electrons. The maximum atomic E-state index is 12.4. The van der Waals surface area contributed by atoms with E-state index < -0.39 is 5.97 Å². The minimum atomic E-state index is -0.907. The van der Waals surface area contributed by atoms with Gasteiger partial charge in [-0.05, 0) is 60.4 Å². The molecule has 2 N–H and O–H groups in total. The summed E-state index contributed by atoms with van der Waals surface area (Å²) in [6.07, 6.45) is 17.9. The number of hydrogen-bond acceptors (Lipinski definition) is 3.